The lowest BCUT2D eigenvalue weighted by atomic mass is 9.85. The van der Waals surface area contributed by atoms with Crippen molar-refractivity contribution in [3.8, 4) is 0 Å². The van der Waals surface area contributed by atoms with E-state index in [1.807, 2.05) is 42.5 Å². The number of piperidine rings is 2. The smallest absolute Gasteiger partial charge is 0.316 e. The lowest BCUT2D eigenvalue weighted by Crippen LogP contribution is -2.57. The van der Waals surface area contributed by atoms with Crippen LogP contribution in [0.2, 0.25) is 0 Å². The number of hydrogen-bond acceptors (Lipinski definition) is 3. The average Bonchev–Trinajstić information content (AvgIpc) is 2.59. The molecule has 2 atom stereocenters. The fraction of sp³-hybridized carbons (Fsp3) is 0.333. The summed E-state index contributed by atoms with van der Waals surface area (Å²) in [6.45, 7) is 2.05. The van der Waals surface area contributed by atoms with E-state index >= 15 is 0 Å². The second-order valence-corrected chi connectivity index (χ2v) is 6.36. The molecule has 118 valence electrons. The van der Waals surface area contributed by atoms with Gasteiger partial charge in [-0.1, -0.05) is 36.4 Å². The molecule has 2 aromatic carbocycles. The van der Waals surface area contributed by atoms with Gasteiger partial charge in [0.2, 0.25) is 5.91 Å². The molecular weight excluding hydrogens is 290 g/mol. The molecule has 0 saturated carbocycles. The molecule has 3 amide bonds. The van der Waals surface area contributed by atoms with Crippen molar-refractivity contribution in [1.82, 2.24) is 10.2 Å². The number of carbonyl (C=O) groups is 2. The zero-order valence-corrected chi connectivity index (χ0v) is 12.8. The van der Waals surface area contributed by atoms with Gasteiger partial charge in [-0.3, -0.25) is 9.69 Å². The van der Waals surface area contributed by atoms with Gasteiger partial charge in [0.05, 0.1) is 11.6 Å². The minimum absolute atomic E-state index is 0.0637. The molecule has 2 heterocycles. The lowest BCUT2D eigenvalue weighted by Gasteiger charge is -2.39. The first-order valence-electron chi connectivity index (χ1n) is 8.03. The van der Waals surface area contributed by atoms with Crippen molar-refractivity contribution >= 4 is 28.4 Å². The van der Waals surface area contributed by atoms with E-state index < -0.39 is 0 Å². The highest BCUT2D eigenvalue weighted by molar-refractivity contribution is 6.07. The molecule has 5 nitrogen and oxygen atoms in total. The van der Waals surface area contributed by atoms with Crippen molar-refractivity contribution in [2.24, 2.45) is 11.8 Å². The number of amides is 3. The van der Waals surface area contributed by atoms with E-state index in [0.717, 1.165) is 29.4 Å². The Balaban J connectivity index is 1.58. The highest BCUT2D eigenvalue weighted by Crippen LogP contribution is 2.27. The van der Waals surface area contributed by atoms with Crippen molar-refractivity contribution in [3.05, 3.63) is 42.5 Å². The molecule has 2 N–H and O–H groups in total. The van der Waals surface area contributed by atoms with Gasteiger partial charge in [0.1, 0.15) is 0 Å². The monoisotopic (exact) mass is 309 g/mol. The number of nitrogens with one attached hydrogen (secondary N) is 2. The molecule has 2 fully saturated rings. The van der Waals surface area contributed by atoms with Gasteiger partial charge >= 0.3 is 6.03 Å². The molecule has 2 aromatic rings. The summed E-state index contributed by atoms with van der Waals surface area (Å²) in [5.74, 6) is 0.233. The van der Waals surface area contributed by atoms with Crippen LogP contribution in [0, 0.1) is 11.8 Å². The first-order valence-corrected chi connectivity index (χ1v) is 8.03. The van der Waals surface area contributed by atoms with Crippen LogP contribution >= 0.6 is 0 Å². The van der Waals surface area contributed by atoms with Gasteiger partial charge in [-0.15, -0.1) is 0 Å². The Morgan fingerprint density at radius 2 is 1.96 bits per heavy atom. The Labute approximate surface area is 134 Å². The third-order valence-electron chi connectivity index (χ3n) is 4.77. The number of carbonyl (C=O) groups excluding carboxylic acids is 2. The first kappa shape index (κ1) is 14.2. The van der Waals surface area contributed by atoms with Crippen LogP contribution in [0.4, 0.5) is 10.5 Å². The van der Waals surface area contributed by atoms with Crippen molar-refractivity contribution in [3.63, 3.8) is 0 Å². The van der Waals surface area contributed by atoms with E-state index in [1.165, 1.54) is 4.90 Å². The van der Waals surface area contributed by atoms with Gasteiger partial charge in [-0.05, 0) is 30.3 Å². The summed E-state index contributed by atoms with van der Waals surface area (Å²) < 4.78 is 0. The van der Waals surface area contributed by atoms with E-state index in [0.29, 0.717) is 19.0 Å². The van der Waals surface area contributed by atoms with E-state index in [9.17, 15) is 9.59 Å². The number of nitrogens with zero attached hydrogens (tertiary/aromatic N) is 1. The fourth-order valence-electron chi connectivity index (χ4n) is 3.63. The van der Waals surface area contributed by atoms with Gasteiger partial charge in [-0.2, -0.15) is 0 Å². The Bertz CT molecular complexity index is 768. The number of rotatable bonds is 1. The zero-order valence-electron chi connectivity index (χ0n) is 12.8. The second kappa shape index (κ2) is 5.66. The third-order valence-corrected chi connectivity index (χ3v) is 4.77. The van der Waals surface area contributed by atoms with Crippen LogP contribution in [0.15, 0.2) is 42.5 Å². The van der Waals surface area contributed by atoms with Gasteiger partial charge in [-0.25, -0.2) is 4.79 Å². The minimum atomic E-state index is -0.317. The standard InChI is InChI=1S/C18H19N3O2/c22-17-14-8-12(9-19-10-14)11-21(17)18(23)20-16-7-3-5-13-4-1-2-6-15(13)16/h1-7,12,14,19H,8-11H2,(H,20,23). The quantitative estimate of drug-likeness (QED) is 0.850. The number of imide groups is 1. The zero-order chi connectivity index (χ0) is 15.8. The molecule has 2 unspecified atom stereocenters. The van der Waals surface area contributed by atoms with Gasteiger partial charge in [0.25, 0.3) is 0 Å². The molecule has 2 aliphatic rings. The maximum absolute atomic E-state index is 12.6. The Kier molecular flexibility index (Phi) is 3.50. The predicted molar refractivity (Wildman–Crippen MR) is 89.1 cm³/mol. The number of urea groups is 1. The maximum Gasteiger partial charge on any atom is 0.328 e. The summed E-state index contributed by atoms with van der Waals surface area (Å²) in [6.07, 6.45) is 0.893. The van der Waals surface area contributed by atoms with E-state index in [-0.39, 0.29) is 17.9 Å². The fourth-order valence-corrected chi connectivity index (χ4v) is 3.63. The summed E-state index contributed by atoms with van der Waals surface area (Å²) in [4.78, 5) is 26.5. The Morgan fingerprint density at radius 3 is 2.87 bits per heavy atom. The molecule has 5 heteroatoms. The summed E-state index contributed by atoms with van der Waals surface area (Å²) in [5, 5.41) is 8.24. The summed E-state index contributed by atoms with van der Waals surface area (Å²) in [7, 11) is 0. The van der Waals surface area contributed by atoms with Crippen LogP contribution in [0.3, 0.4) is 0 Å². The van der Waals surface area contributed by atoms with E-state index in [1.54, 1.807) is 0 Å². The van der Waals surface area contributed by atoms with Crippen LogP contribution < -0.4 is 10.6 Å². The molecule has 0 aliphatic carbocycles. The largest absolute Gasteiger partial charge is 0.328 e. The molecule has 2 bridgehead atoms. The molecule has 23 heavy (non-hydrogen) atoms. The third kappa shape index (κ3) is 2.57. The number of benzene rings is 2. The van der Waals surface area contributed by atoms with Crippen LogP contribution in [-0.2, 0) is 4.79 Å². The number of fused-ring (bicyclic) bond motifs is 3. The summed E-state index contributed by atoms with van der Waals surface area (Å²) in [6, 6.07) is 13.4. The predicted octanol–water partition coefficient (Wildman–Crippen LogP) is 2.44. The van der Waals surface area contributed by atoms with Crippen LogP contribution in [-0.4, -0.2) is 36.5 Å². The summed E-state index contributed by atoms with van der Waals surface area (Å²) >= 11 is 0. The topological polar surface area (TPSA) is 61.4 Å². The van der Waals surface area contributed by atoms with Crippen LogP contribution in [0.5, 0.6) is 0 Å². The second-order valence-electron chi connectivity index (χ2n) is 6.36. The molecule has 0 aromatic heterocycles. The molecule has 4 rings (SSSR count). The van der Waals surface area contributed by atoms with Gasteiger partial charge < -0.3 is 10.6 Å². The lowest BCUT2D eigenvalue weighted by molar-refractivity contribution is -0.137. The number of hydrogen-bond donors (Lipinski definition) is 2. The van der Waals surface area contributed by atoms with Gasteiger partial charge in [0.15, 0.2) is 0 Å². The Morgan fingerprint density at radius 1 is 1.13 bits per heavy atom. The van der Waals surface area contributed by atoms with E-state index in [4.69, 9.17) is 0 Å². The van der Waals surface area contributed by atoms with Gasteiger partial charge in [0, 0.05) is 18.5 Å². The van der Waals surface area contributed by atoms with Crippen molar-refractivity contribution in [2.75, 3.05) is 25.0 Å². The SMILES string of the molecule is O=C(Nc1cccc2ccccc12)N1CC2CNCC(C2)C1=O. The Hall–Kier alpha value is -2.40. The normalized spacial score (nSPS) is 23.8. The maximum atomic E-state index is 12.6. The van der Waals surface area contributed by atoms with Crippen LogP contribution in [0.1, 0.15) is 6.42 Å². The molecule has 0 radical (unpaired) electrons. The number of likely N-dealkylation sites (tertiary alicyclic amines) is 1. The minimum Gasteiger partial charge on any atom is -0.316 e. The molecule has 2 saturated heterocycles. The van der Waals surface area contributed by atoms with Crippen molar-refractivity contribution in [2.45, 2.75) is 6.42 Å². The summed E-state index contributed by atoms with van der Waals surface area (Å²) in [5.41, 5.74) is 0.745. The average molecular weight is 309 g/mol. The highest BCUT2D eigenvalue weighted by Gasteiger charge is 2.39. The van der Waals surface area contributed by atoms with Crippen molar-refractivity contribution < 1.29 is 9.59 Å². The first-order chi connectivity index (χ1) is 11.2. The molecule has 2 aliphatic heterocycles. The number of anilines is 1. The van der Waals surface area contributed by atoms with Crippen LogP contribution in [0.25, 0.3) is 10.8 Å². The highest BCUT2D eigenvalue weighted by atomic mass is 16.2. The molecular formula is C18H19N3O2. The van der Waals surface area contributed by atoms with Crippen molar-refractivity contribution in [1.29, 1.82) is 0 Å². The van der Waals surface area contributed by atoms with E-state index in [2.05, 4.69) is 10.6 Å². The molecule has 0 spiro atoms.